The Balaban J connectivity index is 2.11. The van der Waals surface area contributed by atoms with Crippen LogP contribution in [0.3, 0.4) is 0 Å². The average Bonchev–Trinajstić information content (AvgIpc) is 2.98. The maximum absolute atomic E-state index is 11.6. The molecular weight excluding hydrogens is 304 g/mol. The van der Waals surface area contributed by atoms with E-state index in [4.69, 9.17) is 21.1 Å². The number of benzene rings is 2. The zero-order valence-electron chi connectivity index (χ0n) is 12.0. The van der Waals surface area contributed by atoms with Gasteiger partial charge in [-0.25, -0.2) is 9.78 Å². The molecule has 0 bridgehead atoms. The Hall–Kier alpha value is -2.53. The summed E-state index contributed by atoms with van der Waals surface area (Å²) < 4.78 is 9.92. The van der Waals surface area contributed by atoms with Crippen LogP contribution in [-0.2, 0) is 4.74 Å². The summed E-state index contributed by atoms with van der Waals surface area (Å²) in [4.78, 5) is 19.3. The zero-order chi connectivity index (χ0) is 15.7. The Kier molecular flexibility index (Phi) is 3.73. The Morgan fingerprint density at radius 1 is 1.23 bits per heavy atom. The molecule has 0 aliphatic rings. The Morgan fingerprint density at radius 2 is 2.05 bits per heavy atom. The fourth-order valence-corrected chi connectivity index (χ4v) is 2.47. The minimum atomic E-state index is -0.391. The predicted octanol–water partition coefficient (Wildman–Crippen LogP) is 3.68. The van der Waals surface area contributed by atoms with Crippen molar-refractivity contribution >= 4 is 28.6 Å². The van der Waals surface area contributed by atoms with Crippen LogP contribution < -0.4 is 4.74 Å². The van der Waals surface area contributed by atoms with Crippen LogP contribution in [-0.4, -0.2) is 30.2 Å². The van der Waals surface area contributed by atoms with Crippen LogP contribution >= 0.6 is 11.6 Å². The lowest BCUT2D eigenvalue weighted by molar-refractivity contribution is 0.0601. The highest BCUT2D eigenvalue weighted by atomic mass is 35.5. The number of aromatic nitrogens is 2. The first-order valence-corrected chi connectivity index (χ1v) is 6.92. The van der Waals surface area contributed by atoms with Crippen LogP contribution in [0, 0.1) is 0 Å². The van der Waals surface area contributed by atoms with E-state index >= 15 is 0 Å². The summed E-state index contributed by atoms with van der Waals surface area (Å²) in [5, 5.41) is 0.501. The molecule has 2 aromatic carbocycles. The van der Waals surface area contributed by atoms with Crippen LogP contribution in [0.5, 0.6) is 5.75 Å². The number of aromatic amines is 1. The van der Waals surface area contributed by atoms with Crippen molar-refractivity contribution < 1.29 is 14.3 Å². The summed E-state index contributed by atoms with van der Waals surface area (Å²) in [6, 6.07) is 10.6. The van der Waals surface area contributed by atoms with E-state index in [9.17, 15) is 4.79 Å². The van der Waals surface area contributed by atoms with E-state index in [0.717, 1.165) is 11.1 Å². The third-order valence-electron chi connectivity index (χ3n) is 3.31. The predicted molar refractivity (Wildman–Crippen MR) is 84.4 cm³/mol. The van der Waals surface area contributed by atoms with E-state index in [2.05, 4.69) is 9.97 Å². The van der Waals surface area contributed by atoms with Gasteiger partial charge in [-0.2, -0.15) is 0 Å². The second-order valence-electron chi connectivity index (χ2n) is 4.66. The molecule has 0 radical (unpaired) electrons. The van der Waals surface area contributed by atoms with Gasteiger partial charge in [0.2, 0.25) is 0 Å². The summed E-state index contributed by atoms with van der Waals surface area (Å²) >= 11 is 6.21. The second kappa shape index (κ2) is 5.69. The van der Waals surface area contributed by atoms with Crippen molar-refractivity contribution in [1.29, 1.82) is 0 Å². The van der Waals surface area contributed by atoms with Crippen LogP contribution in [0.25, 0.3) is 22.4 Å². The standard InChI is InChI=1S/C16H13ClN2O3/c1-21-11-7-12(17)14-13(8-11)18-15(19-14)9-4-3-5-10(6-9)16(20)22-2/h3-8H,1-2H3,(H,18,19). The van der Waals surface area contributed by atoms with E-state index in [1.54, 1.807) is 31.4 Å². The van der Waals surface area contributed by atoms with Gasteiger partial charge in [-0.3, -0.25) is 0 Å². The molecule has 3 aromatic rings. The molecule has 0 saturated carbocycles. The number of ether oxygens (including phenoxy) is 2. The minimum Gasteiger partial charge on any atom is -0.497 e. The molecular formula is C16H13ClN2O3. The number of halogens is 1. The van der Waals surface area contributed by atoms with Crippen molar-refractivity contribution in [2.75, 3.05) is 14.2 Å². The number of carbonyl (C=O) groups excluding carboxylic acids is 1. The van der Waals surface area contributed by atoms with Crippen molar-refractivity contribution in [3.8, 4) is 17.1 Å². The molecule has 22 heavy (non-hydrogen) atoms. The lowest BCUT2D eigenvalue weighted by Gasteiger charge is -2.01. The molecule has 0 fully saturated rings. The Morgan fingerprint density at radius 3 is 2.77 bits per heavy atom. The molecule has 112 valence electrons. The maximum Gasteiger partial charge on any atom is 0.337 e. The molecule has 0 unspecified atom stereocenters. The van der Waals surface area contributed by atoms with Gasteiger partial charge in [-0.05, 0) is 12.1 Å². The second-order valence-corrected chi connectivity index (χ2v) is 5.07. The molecule has 0 saturated heterocycles. The first-order valence-electron chi connectivity index (χ1n) is 6.54. The molecule has 1 N–H and O–H groups in total. The SMILES string of the molecule is COC(=O)c1cccc(-c2nc3c(Cl)cc(OC)cc3[nH]2)c1. The molecule has 0 aliphatic heterocycles. The van der Waals surface area contributed by atoms with E-state index in [1.165, 1.54) is 7.11 Å². The number of methoxy groups -OCH3 is 2. The first kappa shape index (κ1) is 14.4. The Labute approximate surface area is 131 Å². The van der Waals surface area contributed by atoms with Crippen LogP contribution in [0.4, 0.5) is 0 Å². The van der Waals surface area contributed by atoms with E-state index < -0.39 is 5.97 Å². The van der Waals surface area contributed by atoms with Crippen molar-refractivity contribution in [2.24, 2.45) is 0 Å². The number of H-pyrrole nitrogens is 1. The van der Waals surface area contributed by atoms with Crippen LogP contribution in [0.1, 0.15) is 10.4 Å². The number of hydrogen-bond donors (Lipinski definition) is 1. The Bertz CT molecular complexity index is 858. The zero-order valence-corrected chi connectivity index (χ0v) is 12.8. The van der Waals surface area contributed by atoms with Crippen molar-refractivity contribution in [2.45, 2.75) is 0 Å². The lowest BCUT2D eigenvalue weighted by Crippen LogP contribution is -2.00. The molecule has 0 aliphatic carbocycles. The summed E-state index contributed by atoms with van der Waals surface area (Å²) in [5.41, 5.74) is 2.65. The molecule has 3 rings (SSSR count). The van der Waals surface area contributed by atoms with Gasteiger partial charge in [0.25, 0.3) is 0 Å². The smallest absolute Gasteiger partial charge is 0.337 e. The summed E-state index contributed by atoms with van der Waals surface area (Å²) in [6.07, 6.45) is 0. The minimum absolute atomic E-state index is 0.391. The van der Waals surface area contributed by atoms with Crippen LogP contribution in [0.15, 0.2) is 36.4 Å². The van der Waals surface area contributed by atoms with Crippen LogP contribution in [0.2, 0.25) is 5.02 Å². The number of esters is 1. The normalized spacial score (nSPS) is 10.7. The number of carbonyl (C=O) groups is 1. The van der Waals surface area contributed by atoms with Gasteiger partial charge < -0.3 is 14.5 Å². The third kappa shape index (κ3) is 2.51. The topological polar surface area (TPSA) is 64.2 Å². The lowest BCUT2D eigenvalue weighted by atomic mass is 10.1. The molecule has 0 amide bonds. The van der Waals surface area contributed by atoms with E-state index in [-0.39, 0.29) is 0 Å². The molecule has 5 nitrogen and oxygen atoms in total. The molecule has 6 heteroatoms. The van der Waals surface area contributed by atoms with Gasteiger partial charge >= 0.3 is 5.97 Å². The summed E-state index contributed by atoms with van der Waals surface area (Å²) in [5.74, 6) is 0.879. The molecule has 1 heterocycles. The van der Waals surface area contributed by atoms with Gasteiger partial charge in [0.05, 0.1) is 30.3 Å². The summed E-state index contributed by atoms with van der Waals surface area (Å²) in [6.45, 7) is 0. The quantitative estimate of drug-likeness (QED) is 0.749. The van der Waals surface area contributed by atoms with E-state index in [0.29, 0.717) is 27.7 Å². The highest BCUT2D eigenvalue weighted by Gasteiger charge is 2.12. The first-order chi connectivity index (χ1) is 10.6. The van der Waals surface area contributed by atoms with Gasteiger partial charge in [-0.15, -0.1) is 0 Å². The number of hydrogen-bond acceptors (Lipinski definition) is 4. The van der Waals surface area contributed by atoms with Crippen molar-refractivity contribution in [3.05, 3.63) is 47.0 Å². The van der Waals surface area contributed by atoms with Gasteiger partial charge in [0.15, 0.2) is 0 Å². The van der Waals surface area contributed by atoms with Crippen molar-refractivity contribution in [3.63, 3.8) is 0 Å². The molecule has 0 atom stereocenters. The average molecular weight is 317 g/mol. The van der Waals surface area contributed by atoms with E-state index in [1.807, 2.05) is 12.1 Å². The van der Waals surface area contributed by atoms with Crippen molar-refractivity contribution in [1.82, 2.24) is 9.97 Å². The molecule has 1 aromatic heterocycles. The monoisotopic (exact) mass is 316 g/mol. The number of fused-ring (bicyclic) bond motifs is 1. The van der Waals surface area contributed by atoms with Gasteiger partial charge in [-0.1, -0.05) is 23.7 Å². The number of imidazole rings is 1. The largest absolute Gasteiger partial charge is 0.497 e. The highest BCUT2D eigenvalue weighted by Crippen LogP contribution is 2.30. The number of nitrogens with zero attached hydrogens (tertiary/aromatic N) is 1. The number of nitrogens with one attached hydrogen (secondary N) is 1. The third-order valence-corrected chi connectivity index (χ3v) is 3.59. The molecule has 0 spiro atoms. The number of rotatable bonds is 3. The summed E-state index contributed by atoms with van der Waals surface area (Å²) in [7, 11) is 2.93. The van der Waals surface area contributed by atoms with Gasteiger partial charge in [0, 0.05) is 17.7 Å². The fourth-order valence-electron chi connectivity index (χ4n) is 2.22. The fraction of sp³-hybridized carbons (Fsp3) is 0.125. The van der Waals surface area contributed by atoms with Gasteiger partial charge in [0.1, 0.15) is 17.1 Å². The highest BCUT2D eigenvalue weighted by molar-refractivity contribution is 6.35. The maximum atomic E-state index is 11.6.